The summed E-state index contributed by atoms with van der Waals surface area (Å²) >= 11 is 0. The minimum atomic E-state index is 0.195. The summed E-state index contributed by atoms with van der Waals surface area (Å²) in [5.41, 5.74) is 5.84. The number of hydrogen-bond donors (Lipinski definition) is 2. The maximum Gasteiger partial charge on any atom is 0.220 e. The van der Waals surface area contributed by atoms with Gasteiger partial charge in [-0.3, -0.25) is 4.79 Å². The Morgan fingerprint density at radius 1 is 1.64 bits per heavy atom. The standard InChI is InChI=1S/C8H14N2O/c9-5-6-8(2-1-3-8)4-7(11)10-6/h6H,1-5,9H2,(H,10,11). The molecule has 3 heteroatoms. The Balaban J connectivity index is 2.13. The van der Waals surface area contributed by atoms with Gasteiger partial charge < -0.3 is 11.1 Å². The number of amides is 1. The predicted octanol–water partition coefficient (Wildman–Crippen LogP) is 0.00390. The molecule has 2 fully saturated rings. The van der Waals surface area contributed by atoms with Crippen LogP contribution in [0, 0.1) is 5.41 Å². The number of hydrogen-bond acceptors (Lipinski definition) is 2. The number of carbonyl (C=O) groups excluding carboxylic acids is 1. The van der Waals surface area contributed by atoms with Gasteiger partial charge in [0.05, 0.1) is 0 Å². The van der Waals surface area contributed by atoms with Gasteiger partial charge in [-0.05, 0) is 12.8 Å². The second kappa shape index (κ2) is 2.21. The average Bonchev–Trinajstić information content (AvgIpc) is 2.25. The third kappa shape index (κ3) is 0.872. The molecule has 2 rings (SSSR count). The lowest BCUT2D eigenvalue weighted by molar-refractivity contribution is -0.120. The van der Waals surface area contributed by atoms with E-state index in [0.717, 1.165) is 6.42 Å². The molecule has 1 saturated carbocycles. The normalized spacial score (nSPS) is 33.5. The van der Waals surface area contributed by atoms with E-state index < -0.39 is 0 Å². The largest absolute Gasteiger partial charge is 0.352 e. The van der Waals surface area contributed by atoms with Crippen LogP contribution in [0.2, 0.25) is 0 Å². The fourth-order valence-corrected chi connectivity index (χ4v) is 2.31. The number of rotatable bonds is 1. The Labute approximate surface area is 66.3 Å². The highest BCUT2D eigenvalue weighted by atomic mass is 16.2. The number of nitrogens with two attached hydrogens (primary N) is 1. The molecule has 2 aliphatic rings. The molecule has 0 aromatic rings. The fraction of sp³-hybridized carbons (Fsp3) is 0.875. The topological polar surface area (TPSA) is 55.1 Å². The third-order valence-electron chi connectivity index (χ3n) is 3.17. The van der Waals surface area contributed by atoms with E-state index in [1.165, 1.54) is 19.3 Å². The van der Waals surface area contributed by atoms with Gasteiger partial charge in [-0.25, -0.2) is 0 Å². The lowest BCUT2D eigenvalue weighted by Gasteiger charge is -2.41. The van der Waals surface area contributed by atoms with Crippen LogP contribution in [-0.2, 0) is 4.79 Å². The van der Waals surface area contributed by atoms with E-state index in [1.807, 2.05) is 0 Å². The van der Waals surface area contributed by atoms with Gasteiger partial charge in [0.2, 0.25) is 5.91 Å². The van der Waals surface area contributed by atoms with Crippen molar-refractivity contribution in [1.29, 1.82) is 0 Å². The lowest BCUT2D eigenvalue weighted by Crippen LogP contribution is -2.46. The van der Waals surface area contributed by atoms with Crippen molar-refractivity contribution in [3.05, 3.63) is 0 Å². The van der Waals surface area contributed by atoms with Gasteiger partial charge >= 0.3 is 0 Å². The molecule has 3 N–H and O–H groups in total. The molecule has 3 nitrogen and oxygen atoms in total. The van der Waals surface area contributed by atoms with Gasteiger partial charge in [-0.1, -0.05) is 6.42 Å². The van der Waals surface area contributed by atoms with E-state index in [0.29, 0.717) is 6.54 Å². The van der Waals surface area contributed by atoms with Gasteiger partial charge in [-0.2, -0.15) is 0 Å². The number of nitrogens with one attached hydrogen (secondary N) is 1. The monoisotopic (exact) mass is 154 g/mol. The van der Waals surface area contributed by atoms with Crippen molar-refractivity contribution in [3.8, 4) is 0 Å². The van der Waals surface area contributed by atoms with Crippen molar-refractivity contribution in [2.24, 2.45) is 11.1 Å². The van der Waals surface area contributed by atoms with Crippen LogP contribution < -0.4 is 11.1 Å². The molecule has 0 radical (unpaired) electrons. The van der Waals surface area contributed by atoms with Crippen LogP contribution in [0.25, 0.3) is 0 Å². The molecule has 0 aromatic carbocycles. The maximum atomic E-state index is 11.1. The first-order valence-electron chi connectivity index (χ1n) is 4.26. The molecule has 1 heterocycles. The minimum Gasteiger partial charge on any atom is -0.352 e. The molecule has 11 heavy (non-hydrogen) atoms. The van der Waals surface area contributed by atoms with Crippen LogP contribution in [0.4, 0.5) is 0 Å². The molecule has 0 aromatic heterocycles. The summed E-state index contributed by atoms with van der Waals surface area (Å²) in [5, 5.41) is 2.93. The Kier molecular flexibility index (Phi) is 1.42. The second-order valence-electron chi connectivity index (χ2n) is 3.75. The summed E-state index contributed by atoms with van der Waals surface area (Å²) < 4.78 is 0. The SMILES string of the molecule is NCC1NC(=O)CC12CCC2. The average molecular weight is 154 g/mol. The molecular weight excluding hydrogens is 140 g/mol. The van der Waals surface area contributed by atoms with Crippen molar-refractivity contribution in [1.82, 2.24) is 5.32 Å². The van der Waals surface area contributed by atoms with Gasteiger partial charge in [0.25, 0.3) is 0 Å². The zero-order chi connectivity index (χ0) is 7.90. The first-order chi connectivity index (χ1) is 5.27. The highest BCUT2D eigenvalue weighted by molar-refractivity contribution is 5.80. The smallest absolute Gasteiger partial charge is 0.220 e. The minimum absolute atomic E-state index is 0.195. The van der Waals surface area contributed by atoms with Crippen molar-refractivity contribution >= 4 is 5.91 Å². The quantitative estimate of drug-likeness (QED) is 0.558. The molecule has 1 unspecified atom stereocenters. The molecule has 1 aliphatic carbocycles. The number of carbonyl (C=O) groups is 1. The molecular formula is C8H14N2O. The van der Waals surface area contributed by atoms with E-state index in [9.17, 15) is 4.79 Å². The summed E-state index contributed by atoms with van der Waals surface area (Å²) in [6, 6.07) is 0.267. The van der Waals surface area contributed by atoms with Gasteiger partial charge in [-0.15, -0.1) is 0 Å². The van der Waals surface area contributed by atoms with Crippen LogP contribution in [0.5, 0.6) is 0 Å². The van der Waals surface area contributed by atoms with E-state index in [1.54, 1.807) is 0 Å². The van der Waals surface area contributed by atoms with E-state index >= 15 is 0 Å². The summed E-state index contributed by atoms with van der Waals surface area (Å²) in [7, 11) is 0. The summed E-state index contributed by atoms with van der Waals surface area (Å²) in [6.07, 6.45) is 4.36. The van der Waals surface area contributed by atoms with Crippen molar-refractivity contribution in [2.45, 2.75) is 31.7 Å². The van der Waals surface area contributed by atoms with E-state index in [4.69, 9.17) is 5.73 Å². The molecule has 62 valence electrons. The Morgan fingerprint density at radius 3 is 2.73 bits per heavy atom. The van der Waals surface area contributed by atoms with Crippen LogP contribution in [-0.4, -0.2) is 18.5 Å². The summed E-state index contributed by atoms with van der Waals surface area (Å²) in [6.45, 7) is 0.603. The summed E-state index contributed by atoms with van der Waals surface area (Å²) in [4.78, 5) is 11.1. The Hall–Kier alpha value is -0.570. The Morgan fingerprint density at radius 2 is 2.36 bits per heavy atom. The first kappa shape index (κ1) is 7.10. The highest BCUT2D eigenvalue weighted by Gasteiger charge is 2.49. The second-order valence-corrected chi connectivity index (χ2v) is 3.75. The van der Waals surface area contributed by atoms with Gasteiger partial charge in [0, 0.05) is 24.4 Å². The Bertz CT molecular complexity index is 187. The third-order valence-corrected chi connectivity index (χ3v) is 3.17. The highest BCUT2D eigenvalue weighted by Crippen LogP contribution is 2.49. The van der Waals surface area contributed by atoms with Crippen molar-refractivity contribution in [2.75, 3.05) is 6.54 Å². The fourth-order valence-electron chi connectivity index (χ4n) is 2.31. The molecule has 0 bridgehead atoms. The van der Waals surface area contributed by atoms with Crippen molar-refractivity contribution in [3.63, 3.8) is 0 Å². The summed E-state index contributed by atoms with van der Waals surface area (Å²) in [5.74, 6) is 0.195. The predicted molar refractivity (Wildman–Crippen MR) is 41.9 cm³/mol. The van der Waals surface area contributed by atoms with Crippen LogP contribution >= 0.6 is 0 Å². The van der Waals surface area contributed by atoms with Crippen molar-refractivity contribution < 1.29 is 4.79 Å². The van der Waals surface area contributed by atoms with E-state index in [-0.39, 0.29) is 17.4 Å². The lowest BCUT2D eigenvalue weighted by atomic mass is 9.64. The first-order valence-corrected chi connectivity index (χ1v) is 4.26. The van der Waals surface area contributed by atoms with Gasteiger partial charge in [0.15, 0.2) is 0 Å². The van der Waals surface area contributed by atoms with Gasteiger partial charge in [0.1, 0.15) is 0 Å². The van der Waals surface area contributed by atoms with Crippen LogP contribution in [0.1, 0.15) is 25.7 Å². The molecule has 1 spiro atoms. The molecule has 1 saturated heterocycles. The zero-order valence-corrected chi connectivity index (χ0v) is 6.60. The zero-order valence-electron chi connectivity index (χ0n) is 6.60. The molecule has 1 aliphatic heterocycles. The van der Waals surface area contributed by atoms with Crippen LogP contribution in [0.15, 0.2) is 0 Å². The maximum absolute atomic E-state index is 11.1. The molecule has 1 atom stereocenters. The molecule has 1 amide bonds. The van der Waals surface area contributed by atoms with Crippen LogP contribution in [0.3, 0.4) is 0 Å². The van der Waals surface area contributed by atoms with E-state index in [2.05, 4.69) is 5.32 Å².